The van der Waals surface area contributed by atoms with Crippen LogP contribution in [-0.4, -0.2) is 9.73 Å². The predicted molar refractivity (Wildman–Crippen MR) is 115 cm³/mol. The van der Waals surface area contributed by atoms with Gasteiger partial charge in [0.2, 0.25) is 0 Å². The molecule has 0 radical (unpaired) electrons. The molecule has 0 saturated heterocycles. The first-order valence-electron chi connectivity index (χ1n) is 9.05. The highest BCUT2D eigenvalue weighted by Gasteiger charge is 2.15. The number of fused-ring (bicyclic) bond motifs is 2. The number of aromatic nitrogens is 1. The molecule has 1 aromatic heterocycles. The number of rotatable bonds is 2. The molecule has 3 aromatic carbocycles. The number of hydrogen-bond donors (Lipinski definition) is 0. The van der Waals surface area contributed by atoms with E-state index in [2.05, 4.69) is 50.0 Å². The van der Waals surface area contributed by atoms with Gasteiger partial charge in [0.05, 0.1) is 11.6 Å². The average molecular weight is 386 g/mol. The predicted octanol–water partition coefficient (Wildman–Crippen LogP) is 6.96. The van der Waals surface area contributed by atoms with Gasteiger partial charge in [-0.15, -0.1) is 11.8 Å². The summed E-state index contributed by atoms with van der Waals surface area (Å²) in [6.45, 7) is 6.56. The maximum Gasteiger partial charge on any atom is 0.123 e. The molecule has 1 heterocycles. The highest BCUT2D eigenvalue weighted by atomic mass is 32.2. The molecule has 0 atom stereocenters. The molecule has 0 unspecified atom stereocenters. The second kappa shape index (κ2) is 6.92. The molecule has 4 rings (SSSR count). The lowest BCUT2D eigenvalue weighted by atomic mass is 9.93. The van der Waals surface area contributed by atoms with Gasteiger partial charge in [0.15, 0.2) is 0 Å². The maximum absolute atomic E-state index is 14.0. The summed E-state index contributed by atoms with van der Waals surface area (Å²) < 4.78 is 14.1. The topological polar surface area (TPSA) is 36.7 Å². The van der Waals surface area contributed by atoms with Crippen molar-refractivity contribution in [3.8, 4) is 17.2 Å². The Morgan fingerprint density at radius 1 is 0.893 bits per heavy atom. The van der Waals surface area contributed by atoms with Crippen LogP contribution < -0.4 is 0 Å². The van der Waals surface area contributed by atoms with Gasteiger partial charge in [0, 0.05) is 38.4 Å². The third-order valence-electron chi connectivity index (χ3n) is 4.55. The van der Waals surface area contributed by atoms with Crippen LogP contribution in [0.5, 0.6) is 0 Å². The molecule has 2 nitrogen and oxygen atoms in total. The summed E-state index contributed by atoms with van der Waals surface area (Å²) in [7, 11) is 0. The summed E-state index contributed by atoms with van der Waals surface area (Å²) in [5, 5.41) is 13.0. The molecule has 0 N–H and O–H groups in total. The van der Waals surface area contributed by atoms with Crippen LogP contribution in [0.4, 0.5) is 4.39 Å². The lowest BCUT2D eigenvalue weighted by Crippen LogP contribution is -2.06. The smallest absolute Gasteiger partial charge is 0.123 e. The third kappa shape index (κ3) is 3.46. The van der Waals surface area contributed by atoms with E-state index < -0.39 is 0 Å². The minimum atomic E-state index is -0.319. The van der Waals surface area contributed by atoms with Gasteiger partial charge in [-0.2, -0.15) is 5.26 Å². The minimum absolute atomic E-state index is 0.102. The zero-order valence-electron chi connectivity index (χ0n) is 16.0. The molecular weight excluding hydrogens is 367 g/mol. The quantitative estimate of drug-likeness (QED) is 0.350. The molecule has 0 amide bonds. The summed E-state index contributed by atoms with van der Waals surface area (Å²) in [4.78, 5) is 5.58. The first-order chi connectivity index (χ1) is 13.4. The molecule has 0 aliphatic rings. The van der Waals surface area contributed by atoms with Crippen LogP contribution in [0.2, 0.25) is 0 Å². The van der Waals surface area contributed by atoms with Crippen molar-refractivity contribution in [2.75, 3.05) is 0 Å². The fourth-order valence-electron chi connectivity index (χ4n) is 3.43. The Labute approximate surface area is 168 Å². The molecule has 4 heteroatoms. The molecule has 0 aliphatic heterocycles. The van der Waals surface area contributed by atoms with Crippen molar-refractivity contribution in [1.82, 2.24) is 4.98 Å². The Kier molecular flexibility index (Phi) is 4.56. The highest BCUT2D eigenvalue weighted by Crippen LogP contribution is 2.38. The lowest BCUT2D eigenvalue weighted by Gasteiger charge is -2.18. The molecule has 0 aliphatic carbocycles. The van der Waals surface area contributed by atoms with Gasteiger partial charge in [-0.05, 0) is 46.7 Å². The van der Waals surface area contributed by atoms with E-state index in [-0.39, 0.29) is 10.6 Å². The van der Waals surface area contributed by atoms with Crippen LogP contribution in [0.1, 0.15) is 26.3 Å². The van der Waals surface area contributed by atoms with Gasteiger partial charge < -0.3 is 0 Å². The van der Waals surface area contributed by atoms with Crippen LogP contribution in [-0.2, 0) is 0 Å². The largest absolute Gasteiger partial charge is 0.263 e. The van der Waals surface area contributed by atoms with Crippen molar-refractivity contribution in [2.45, 2.75) is 30.4 Å². The van der Waals surface area contributed by atoms with E-state index >= 15 is 0 Å². The zero-order chi connectivity index (χ0) is 19.9. The number of thioether (sulfide) groups is 1. The monoisotopic (exact) mass is 386 g/mol. The second-order valence-electron chi connectivity index (χ2n) is 7.75. The van der Waals surface area contributed by atoms with Crippen molar-refractivity contribution in [3.05, 3.63) is 72.3 Å². The van der Waals surface area contributed by atoms with E-state index in [1.54, 1.807) is 12.1 Å². The number of halogens is 1. The van der Waals surface area contributed by atoms with Crippen LogP contribution in [0.25, 0.3) is 32.7 Å². The Hall–Kier alpha value is -2.90. The first kappa shape index (κ1) is 18.5. The first-order valence-corrected chi connectivity index (χ1v) is 9.87. The summed E-state index contributed by atoms with van der Waals surface area (Å²) >= 11 is 1.81. The summed E-state index contributed by atoms with van der Waals surface area (Å²) in [5.41, 5.74) is 2.36. The Morgan fingerprint density at radius 2 is 1.71 bits per heavy atom. The molecular formula is C24H19FN2S. The Morgan fingerprint density at radius 3 is 2.46 bits per heavy atom. The van der Waals surface area contributed by atoms with Crippen molar-refractivity contribution in [2.24, 2.45) is 0 Å². The third-order valence-corrected chi connectivity index (χ3v) is 5.65. The number of pyridine rings is 1. The lowest BCUT2D eigenvalue weighted by molar-refractivity contribution is 0.630. The van der Waals surface area contributed by atoms with Crippen molar-refractivity contribution in [3.63, 3.8) is 0 Å². The molecule has 138 valence electrons. The van der Waals surface area contributed by atoms with Crippen LogP contribution in [0.3, 0.4) is 0 Å². The van der Waals surface area contributed by atoms with Gasteiger partial charge in [0.1, 0.15) is 5.82 Å². The Balaban J connectivity index is 2.01. The molecule has 28 heavy (non-hydrogen) atoms. The highest BCUT2D eigenvalue weighted by molar-refractivity contribution is 8.00. The number of benzene rings is 3. The van der Waals surface area contributed by atoms with Crippen molar-refractivity contribution in [1.29, 1.82) is 5.26 Å². The molecule has 4 aromatic rings. The van der Waals surface area contributed by atoms with Crippen molar-refractivity contribution < 1.29 is 4.39 Å². The van der Waals surface area contributed by atoms with E-state index in [1.165, 1.54) is 17.0 Å². The summed E-state index contributed by atoms with van der Waals surface area (Å²) in [6.07, 6.45) is 3.66. The zero-order valence-corrected chi connectivity index (χ0v) is 16.8. The fraction of sp³-hybridized carbons (Fsp3) is 0.167. The maximum atomic E-state index is 14.0. The van der Waals surface area contributed by atoms with Gasteiger partial charge in [-0.3, -0.25) is 4.98 Å². The number of nitriles is 1. The normalized spacial score (nSPS) is 11.7. The summed E-state index contributed by atoms with van der Waals surface area (Å²) in [5.74, 6) is -0.319. The molecule has 0 spiro atoms. The van der Waals surface area contributed by atoms with Gasteiger partial charge in [-0.25, -0.2) is 4.39 Å². The van der Waals surface area contributed by atoms with Crippen LogP contribution >= 0.6 is 11.8 Å². The standard InChI is InChI=1S/C24H19FN2S/c1-24(2,3)28-18-7-4-16-13-27-14-23(21(16)11-18)20-8-5-15(12-26)19-9-6-17(25)10-22(19)20/h4-11,13-14H,1-3H3. The number of hydrogen-bond acceptors (Lipinski definition) is 3. The number of nitrogens with zero attached hydrogens (tertiary/aromatic N) is 2. The van der Waals surface area contributed by atoms with E-state index in [1.807, 2.05) is 30.2 Å². The van der Waals surface area contributed by atoms with Crippen LogP contribution in [0, 0.1) is 17.1 Å². The van der Waals surface area contributed by atoms with Gasteiger partial charge in [0.25, 0.3) is 0 Å². The second-order valence-corrected chi connectivity index (χ2v) is 9.65. The van der Waals surface area contributed by atoms with Gasteiger partial charge in [-0.1, -0.05) is 39.0 Å². The minimum Gasteiger partial charge on any atom is -0.263 e. The Bertz CT molecular complexity index is 1250. The van der Waals surface area contributed by atoms with Crippen molar-refractivity contribution >= 4 is 33.3 Å². The summed E-state index contributed by atoms with van der Waals surface area (Å²) in [6, 6.07) is 16.8. The molecule has 0 fully saturated rings. The molecule has 0 bridgehead atoms. The fourth-order valence-corrected chi connectivity index (χ4v) is 4.45. The molecule has 0 saturated carbocycles. The van der Waals surface area contributed by atoms with Crippen LogP contribution in [0.15, 0.2) is 65.8 Å². The van der Waals surface area contributed by atoms with E-state index in [0.717, 1.165) is 32.7 Å². The SMILES string of the molecule is CC(C)(C)Sc1ccc2cncc(-c3ccc(C#N)c4ccc(F)cc34)c2c1. The van der Waals surface area contributed by atoms with E-state index in [0.29, 0.717) is 5.56 Å². The average Bonchev–Trinajstić information content (AvgIpc) is 2.65. The van der Waals surface area contributed by atoms with E-state index in [4.69, 9.17) is 0 Å². The van der Waals surface area contributed by atoms with Gasteiger partial charge >= 0.3 is 0 Å². The van der Waals surface area contributed by atoms with E-state index in [9.17, 15) is 9.65 Å².